The Bertz CT molecular complexity index is 441. The van der Waals surface area contributed by atoms with Crippen molar-refractivity contribution in [3.63, 3.8) is 0 Å². The smallest absolute Gasteiger partial charge is 0.330 e. The number of hydrogen-bond donors (Lipinski definition) is 3. The maximum Gasteiger partial charge on any atom is 0.330 e. The van der Waals surface area contributed by atoms with E-state index < -0.39 is 12.0 Å². The van der Waals surface area contributed by atoms with Crippen LogP contribution in [0.4, 0.5) is 0 Å². The quantitative estimate of drug-likeness (QED) is 0.754. The van der Waals surface area contributed by atoms with Gasteiger partial charge in [0.2, 0.25) is 5.91 Å². The van der Waals surface area contributed by atoms with Crippen molar-refractivity contribution in [1.82, 2.24) is 10.6 Å². The molecule has 19 heavy (non-hydrogen) atoms. The third kappa shape index (κ3) is 3.54. The Morgan fingerprint density at radius 3 is 2.63 bits per heavy atom. The fourth-order valence-corrected chi connectivity index (χ4v) is 2.27. The first-order valence-electron chi connectivity index (χ1n) is 6.47. The lowest BCUT2D eigenvalue weighted by molar-refractivity contribution is -0.142. The first kappa shape index (κ1) is 13.5. The van der Waals surface area contributed by atoms with E-state index in [4.69, 9.17) is 0 Å². The number of nitrogens with one attached hydrogen (secondary N) is 2. The minimum atomic E-state index is -1.04. The van der Waals surface area contributed by atoms with Gasteiger partial charge in [-0.15, -0.1) is 0 Å². The van der Waals surface area contributed by atoms with Crippen molar-refractivity contribution in [3.8, 4) is 0 Å². The van der Waals surface area contributed by atoms with Gasteiger partial charge in [-0.05, 0) is 24.9 Å². The Labute approximate surface area is 112 Å². The van der Waals surface area contributed by atoms with Crippen molar-refractivity contribution in [3.05, 3.63) is 35.9 Å². The van der Waals surface area contributed by atoms with Crippen molar-refractivity contribution < 1.29 is 14.7 Å². The molecule has 0 saturated carbocycles. The van der Waals surface area contributed by atoms with Crippen molar-refractivity contribution in [1.29, 1.82) is 0 Å². The SMILES string of the molecule is O=C(N[C@@H](C(=O)O)c1ccccc1)C1CCCNC1. The summed E-state index contributed by atoms with van der Waals surface area (Å²) < 4.78 is 0. The van der Waals surface area contributed by atoms with Crippen molar-refractivity contribution in [2.45, 2.75) is 18.9 Å². The summed E-state index contributed by atoms with van der Waals surface area (Å²) in [7, 11) is 0. The van der Waals surface area contributed by atoms with Crippen LogP contribution in [-0.2, 0) is 9.59 Å². The standard InChI is InChI=1S/C14H18N2O3/c17-13(11-7-4-8-15-9-11)16-12(14(18)19)10-5-2-1-3-6-10/h1-3,5-6,11-12,15H,4,7-9H2,(H,16,17)(H,18,19)/t11?,12-/m1/s1. The Hall–Kier alpha value is -1.88. The molecule has 0 spiro atoms. The maximum atomic E-state index is 12.1. The minimum absolute atomic E-state index is 0.140. The first-order chi connectivity index (χ1) is 9.18. The molecule has 1 unspecified atom stereocenters. The number of amides is 1. The van der Waals surface area contributed by atoms with E-state index >= 15 is 0 Å². The van der Waals surface area contributed by atoms with E-state index in [-0.39, 0.29) is 11.8 Å². The molecule has 0 radical (unpaired) electrons. The van der Waals surface area contributed by atoms with Gasteiger partial charge in [0.1, 0.15) is 0 Å². The minimum Gasteiger partial charge on any atom is -0.479 e. The summed E-state index contributed by atoms with van der Waals surface area (Å²) in [5, 5.41) is 15.0. The molecule has 1 fully saturated rings. The van der Waals surface area contributed by atoms with Gasteiger partial charge in [-0.2, -0.15) is 0 Å². The molecule has 1 aliphatic rings. The van der Waals surface area contributed by atoms with Crippen LogP contribution in [0.5, 0.6) is 0 Å². The second kappa shape index (κ2) is 6.33. The number of piperidine rings is 1. The molecule has 102 valence electrons. The predicted octanol–water partition coefficient (Wildman–Crippen LogP) is 0.928. The number of aliphatic carboxylic acids is 1. The molecular formula is C14H18N2O3. The zero-order valence-electron chi connectivity index (χ0n) is 10.6. The van der Waals surface area contributed by atoms with Gasteiger partial charge < -0.3 is 15.7 Å². The van der Waals surface area contributed by atoms with Crippen LogP contribution in [0.2, 0.25) is 0 Å². The van der Waals surface area contributed by atoms with Gasteiger partial charge >= 0.3 is 5.97 Å². The number of carbonyl (C=O) groups excluding carboxylic acids is 1. The molecule has 1 saturated heterocycles. The van der Waals surface area contributed by atoms with Crippen LogP contribution in [0.15, 0.2) is 30.3 Å². The number of hydrogen-bond acceptors (Lipinski definition) is 3. The second-order valence-corrected chi connectivity index (χ2v) is 4.73. The summed E-state index contributed by atoms with van der Waals surface area (Å²) in [6, 6.07) is 7.78. The summed E-state index contributed by atoms with van der Waals surface area (Å²) in [4.78, 5) is 23.4. The van der Waals surface area contributed by atoms with E-state index in [1.54, 1.807) is 24.3 Å². The fourth-order valence-electron chi connectivity index (χ4n) is 2.27. The number of carboxylic acid groups (broad SMARTS) is 1. The number of carboxylic acids is 1. The Morgan fingerprint density at radius 2 is 2.05 bits per heavy atom. The van der Waals surface area contributed by atoms with Crippen molar-refractivity contribution in [2.24, 2.45) is 5.92 Å². The molecule has 1 aromatic carbocycles. The first-order valence-corrected chi connectivity index (χ1v) is 6.47. The summed E-state index contributed by atoms with van der Waals surface area (Å²) in [6.45, 7) is 1.54. The summed E-state index contributed by atoms with van der Waals surface area (Å²) >= 11 is 0. The van der Waals surface area contributed by atoms with Gasteiger partial charge in [0.05, 0.1) is 5.92 Å². The van der Waals surface area contributed by atoms with Gasteiger partial charge in [0.15, 0.2) is 6.04 Å². The Morgan fingerprint density at radius 1 is 1.32 bits per heavy atom. The van der Waals surface area contributed by atoms with Gasteiger partial charge in [0.25, 0.3) is 0 Å². The highest BCUT2D eigenvalue weighted by molar-refractivity contribution is 5.86. The Kier molecular flexibility index (Phi) is 4.52. The predicted molar refractivity (Wildman–Crippen MR) is 70.6 cm³/mol. The summed E-state index contributed by atoms with van der Waals surface area (Å²) in [6.07, 6.45) is 1.75. The van der Waals surface area contributed by atoms with E-state index in [0.29, 0.717) is 12.1 Å². The maximum absolute atomic E-state index is 12.1. The van der Waals surface area contributed by atoms with Crippen LogP contribution >= 0.6 is 0 Å². The number of rotatable bonds is 4. The van der Waals surface area contributed by atoms with Crippen LogP contribution in [0, 0.1) is 5.92 Å². The highest BCUT2D eigenvalue weighted by atomic mass is 16.4. The lowest BCUT2D eigenvalue weighted by atomic mass is 9.97. The molecule has 5 nitrogen and oxygen atoms in total. The number of benzene rings is 1. The van der Waals surface area contributed by atoms with E-state index in [1.807, 2.05) is 6.07 Å². The summed E-state index contributed by atoms with van der Waals surface area (Å²) in [5.74, 6) is -1.37. The molecule has 0 aromatic heterocycles. The van der Waals surface area contributed by atoms with Gasteiger partial charge in [0, 0.05) is 6.54 Å². The molecular weight excluding hydrogens is 244 g/mol. The largest absolute Gasteiger partial charge is 0.479 e. The van der Waals surface area contributed by atoms with E-state index in [2.05, 4.69) is 10.6 Å². The molecule has 1 aromatic rings. The molecule has 1 heterocycles. The van der Waals surface area contributed by atoms with Gasteiger partial charge in [-0.3, -0.25) is 4.79 Å². The Balaban J connectivity index is 2.04. The molecule has 2 rings (SSSR count). The van der Waals surface area contributed by atoms with Crippen LogP contribution in [0.1, 0.15) is 24.4 Å². The van der Waals surface area contributed by atoms with E-state index in [0.717, 1.165) is 19.4 Å². The normalized spacial score (nSPS) is 20.5. The molecule has 3 N–H and O–H groups in total. The monoisotopic (exact) mass is 262 g/mol. The summed E-state index contributed by atoms with van der Waals surface area (Å²) in [5.41, 5.74) is 0.590. The molecule has 0 aliphatic carbocycles. The lowest BCUT2D eigenvalue weighted by Gasteiger charge is -2.24. The van der Waals surface area contributed by atoms with Crippen LogP contribution < -0.4 is 10.6 Å². The van der Waals surface area contributed by atoms with E-state index in [1.165, 1.54) is 0 Å². The molecule has 5 heteroatoms. The highest BCUT2D eigenvalue weighted by Gasteiger charge is 2.27. The molecule has 2 atom stereocenters. The molecule has 1 aliphatic heterocycles. The third-order valence-electron chi connectivity index (χ3n) is 3.33. The van der Waals surface area contributed by atoms with Crippen molar-refractivity contribution >= 4 is 11.9 Å². The average Bonchev–Trinajstić information content (AvgIpc) is 2.46. The zero-order valence-corrected chi connectivity index (χ0v) is 10.6. The topological polar surface area (TPSA) is 78.4 Å². The van der Waals surface area contributed by atoms with Gasteiger partial charge in [-0.25, -0.2) is 4.79 Å². The lowest BCUT2D eigenvalue weighted by Crippen LogP contribution is -2.43. The average molecular weight is 262 g/mol. The fraction of sp³-hybridized carbons (Fsp3) is 0.429. The van der Waals surface area contributed by atoms with Gasteiger partial charge in [-0.1, -0.05) is 30.3 Å². The zero-order chi connectivity index (χ0) is 13.7. The highest BCUT2D eigenvalue weighted by Crippen LogP contribution is 2.16. The van der Waals surface area contributed by atoms with Crippen LogP contribution in [0.25, 0.3) is 0 Å². The van der Waals surface area contributed by atoms with Crippen molar-refractivity contribution in [2.75, 3.05) is 13.1 Å². The van der Waals surface area contributed by atoms with Crippen LogP contribution in [0.3, 0.4) is 0 Å². The molecule has 0 bridgehead atoms. The van der Waals surface area contributed by atoms with E-state index in [9.17, 15) is 14.7 Å². The number of carbonyl (C=O) groups is 2. The van der Waals surface area contributed by atoms with Crippen LogP contribution in [-0.4, -0.2) is 30.1 Å². The second-order valence-electron chi connectivity index (χ2n) is 4.73. The third-order valence-corrected chi connectivity index (χ3v) is 3.33. The molecule has 1 amide bonds.